The largest absolute Gasteiger partial charge is 0.488 e. The molecule has 1 amide bonds. The van der Waals surface area contributed by atoms with Crippen LogP contribution in [0.3, 0.4) is 0 Å². The van der Waals surface area contributed by atoms with Crippen molar-refractivity contribution < 1.29 is 13.9 Å². The van der Waals surface area contributed by atoms with Crippen LogP contribution < -0.4 is 9.64 Å². The maximum Gasteiger partial charge on any atom is 0.254 e. The molecule has 1 fully saturated rings. The molecule has 3 rings (SSSR count). The van der Waals surface area contributed by atoms with Crippen molar-refractivity contribution in [2.45, 2.75) is 20.0 Å². The SMILES string of the molecule is CC(C)Oc1ccc(C(=O)N2CCN(c3ncccn3)CC2)cc1F. The molecule has 1 aliphatic heterocycles. The lowest BCUT2D eigenvalue weighted by Gasteiger charge is -2.34. The first-order valence-electron chi connectivity index (χ1n) is 8.32. The molecule has 0 bridgehead atoms. The highest BCUT2D eigenvalue weighted by molar-refractivity contribution is 5.94. The number of benzene rings is 1. The van der Waals surface area contributed by atoms with E-state index >= 15 is 0 Å². The van der Waals surface area contributed by atoms with E-state index in [1.807, 2.05) is 18.7 Å². The number of nitrogens with zero attached hydrogens (tertiary/aromatic N) is 4. The summed E-state index contributed by atoms with van der Waals surface area (Å²) in [5, 5.41) is 0. The third kappa shape index (κ3) is 4.04. The third-order valence-corrected chi connectivity index (χ3v) is 3.94. The number of carbonyl (C=O) groups excluding carboxylic acids is 1. The van der Waals surface area contributed by atoms with Gasteiger partial charge in [-0.15, -0.1) is 0 Å². The fraction of sp³-hybridized carbons (Fsp3) is 0.389. The van der Waals surface area contributed by atoms with Gasteiger partial charge in [0.1, 0.15) is 0 Å². The van der Waals surface area contributed by atoms with Crippen LogP contribution in [0.2, 0.25) is 0 Å². The van der Waals surface area contributed by atoms with Crippen LogP contribution in [0.15, 0.2) is 36.7 Å². The summed E-state index contributed by atoms with van der Waals surface area (Å²) in [5.41, 5.74) is 0.331. The number of anilines is 1. The summed E-state index contributed by atoms with van der Waals surface area (Å²) in [5.74, 6) is 0.132. The average molecular weight is 344 g/mol. The summed E-state index contributed by atoms with van der Waals surface area (Å²) >= 11 is 0. The Kier molecular flexibility index (Phi) is 5.11. The topological polar surface area (TPSA) is 58.6 Å². The Bertz CT molecular complexity index is 731. The summed E-state index contributed by atoms with van der Waals surface area (Å²) in [6.45, 7) is 6.04. The van der Waals surface area contributed by atoms with Crippen molar-refractivity contribution in [2.75, 3.05) is 31.1 Å². The van der Waals surface area contributed by atoms with Crippen LogP contribution in [0.4, 0.5) is 10.3 Å². The van der Waals surface area contributed by atoms with Gasteiger partial charge in [-0.2, -0.15) is 0 Å². The van der Waals surface area contributed by atoms with Crippen molar-refractivity contribution in [3.05, 3.63) is 48.0 Å². The molecule has 0 radical (unpaired) electrons. The van der Waals surface area contributed by atoms with Crippen molar-refractivity contribution in [3.8, 4) is 5.75 Å². The first-order valence-corrected chi connectivity index (χ1v) is 8.32. The quantitative estimate of drug-likeness (QED) is 0.852. The number of ether oxygens (including phenoxy) is 1. The van der Waals surface area contributed by atoms with Gasteiger partial charge in [0.25, 0.3) is 5.91 Å². The number of piperazine rings is 1. The van der Waals surface area contributed by atoms with Gasteiger partial charge in [-0.05, 0) is 38.1 Å². The molecule has 0 atom stereocenters. The van der Waals surface area contributed by atoms with Crippen molar-refractivity contribution in [1.29, 1.82) is 0 Å². The number of rotatable bonds is 4. The molecule has 1 aliphatic rings. The van der Waals surface area contributed by atoms with Gasteiger partial charge >= 0.3 is 0 Å². The van der Waals surface area contributed by atoms with E-state index in [-0.39, 0.29) is 17.8 Å². The number of hydrogen-bond donors (Lipinski definition) is 0. The predicted octanol–water partition coefficient (Wildman–Crippen LogP) is 2.37. The molecule has 25 heavy (non-hydrogen) atoms. The summed E-state index contributed by atoms with van der Waals surface area (Å²) in [6.07, 6.45) is 3.27. The van der Waals surface area contributed by atoms with Crippen LogP contribution in [0.5, 0.6) is 5.75 Å². The van der Waals surface area contributed by atoms with Gasteiger partial charge < -0.3 is 14.5 Å². The Balaban J connectivity index is 1.64. The van der Waals surface area contributed by atoms with Gasteiger partial charge in [0.2, 0.25) is 5.95 Å². The molecule has 0 saturated carbocycles. The predicted molar refractivity (Wildman–Crippen MR) is 92.3 cm³/mol. The molecule has 6 nitrogen and oxygen atoms in total. The maximum absolute atomic E-state index is 14.1. The maximum atomic E-state index is 14.1. The first kappa shape index (κ1) is 17.1. The van der Waals surface area contributed by atoms with Crippen molar-refractivity contribution in [3.63, 3.8) is 0 Å². The molecule has 0 N–H and O–H groups in total. The molecule has 2 heterocycles. The summed E-state index contributed by atoms with van der Waals surface area (Å²) in [6, 6.07) is 6.13. The van der Waals surface area contributed by atoms with Gasteiger partial charge in [0, 0.05) is 44.1 Å². The Labute approximate surface area is 146 Å². The van der Waals surface area contributed by atoms with E-state index in [9.17, 15) is 9.18 Å². The second kappa shape index (κ2) is 7.46. The summed E-state index contributed by atoms with van der Waals surface area (Å²) in [7, 11) is 0. The Morgan fingerprint density at radius 1 is 1.16 bits per heavy atom. The highest BCUT2D eigenvalue weighted by Gasteiger charge is 2.24. The van der Waals surface area contributed by atoms with Crippen LogP contribution in [-0.2, 0) is 0 Å². The number of halogens is 1. The minimum atomic E-state index is -0.518. The number of amides is 1. The average Bonchev–Trinajstić information content (AvgIpc) is 2.63. The number of hydrogen-bond acceptors (Lipinski definition) is 5. The summed E-state index contributed by atoms with van der Waals surface area (Å²) < 4.78 is 19.5. The van der Waals surface area contributed by atoms with E-state index in [1.165, 1.54) is 12.1 Å². The highest BCUT2D eigenvalue weighted by Crippen LogP contribution is 2.21. The van der Waals surface area contributed by atoms with Gasteiger partial charge in [-0.3, -0.25) is 4.79 Å². The van der Waals surface area contributed by atoms with Gasteiger partial charge in [-0.25, -0.2) is 14.4 Å². The fourth-order valence-corrected chi connectivity index (χ4v) is 2.73. The molecule has 7 heteroatoms. The van der Waals surface area contributed by atoms with E-state index in [2.05, 4.69) is 9.97 Å². The van der Waals surface area contributed by atoms with Crippen LogP contribution >= 0.6 is 0 Å². The number of aromatic nitrogens is 2. The minimum absolute atomic E-state index is 0.121. The first-order chi connectivity index (χ1) is 12.0. The number of carbonyl (C=O) groups is 1. The van der Waals surface area contributed by atoms with Gasteiger partial charge in [0.05, 0.1) is 6.10 Å². The zero-order valence-electron chi connectivity index (χ0n) is 14.4. The van der Waals surface area contributed by atoms with Crippen molar-refractivity contribution in [1.82, 2.24) is 14.9 Å². The molecule has 0 aliphatic carbocycles. The molecule has 1 saturated heterocycles. The summed E-state index contributed by atoms with van der Waals surface area (Å²) in [4.78, 5) is 24.8. The molecule has 0 spiro atoms. The van der Waals surface area contributed by atoms with Crippen LogP contribution in [0.25, 0.3) is 0 Å². The lowest BCUT2D eigenvalue weighted by atomic mass is 10.1. The molecule has 1 aromatic carbocycles. The zero-order chi connectivity index (χ0) is 17.8. The Hall–Kier alpha value is -2.70. The van der Waals surface area contributed by atoms with Crippen molar-refractivity contribution in [2.24, 2.45) is 0 Å². The monoisotopic (exact) mass is 344 g/mol. The van der Waals surface area contributed by atoms with Gasteiger partial charge in [0.15, 0.2) is 11.6 Å². The Morgan fingerprint density at radius 3 is 2.44 bits per heavy atom. The van der Waals surface area contributed by atoms with Crippen LogP contribution in [-0.4, -0.2) is 53.1 Å². The van der Waals surface area contributed by atoms with Crippen molar-refractivity contribution >= 4 is 11.9 Å². The minimum Gasteiger partial charge on any atom is -0.488 e. The van der Waals surface area contributed by atoms with E-state index in [0.717, 1.165) is 0 Å². The zero-order valence-corrected chi connectivity index (χ0v) is 14.4. The molecule has 2 aromatic rings. The van der Waals surface area contributed by atoms with Crippen LogP contribution in [0, 0.1) is 5.82 Å². The van der Waals surface area contributed by atoms with E-state index < -0.39 is 5.82 Å². The lowest BCUT2D eigenvalue weighted by molar-refractivity contribution is 0.0745. The standard InChI is InChI=1S/C18H21FN4O2/c1-13(2)25-16-5-4-14(12-15(16)19)17(24)22-8-10-23(11-9-22)18-20-6-3-7-21-18/h3-7,12-13H,8-11H2,1-2H3. The van der Waals surface area contributed by atoms with E-state index in [0.29, 0.717) is 37.7 Å². The smallest absolute Gasteiger partial charge is 0.254 e. The fourth-order valence-electron chi connectivity index (χ4n) is 2.73. The molecule has 0 unspecified atom stereocenters. The molecule has 132 valence electrons. The van der Waals surface area contributed by atoms with E-state index in [4.69, 9.17) is 4.74 Å². The second-order valence-corrected chi connectivity index (χ2v) is 6.14. The Morgan fingerprint density at radius 2 is 1.84 bits per heavy atom. The highest BCUT2D eigenvalue weighted by atomic mass is 19.1. The van der Waals surface area contributed by atoms with Crippen LogP contribution in [0.1, 0.15) is 24.2 Å². The third-order valence-electron chi connectivity index (χ3n) is 3.94. The van der Waals surface area contributed by atoms with E-state index in [1.54, 1.807) is 29.4 Å². The normalized spacial score (nSPS) is 14.7. The molecular weight excluding hydrogens is 323 g/mol. The van der Waals surface area contributed by atoms with Gasteiger partial charge in [-0.1, -0.05) is 0 Å². The lowest BCUT2D eigenvalue weighted by Crippen LogP contribution is -2.49. The second-order valence-electron chi connectivity index (χ2n) is 6.14. The molecular formula is C18H21FN4O2. The molecule has 1 aromatic heterocycles.